The summed E-state index contributed by atoms with van der Waals surface area (Å²) in [6.07, 6.45) is 3.35. The summed E-state index contributed by atoms with van der Waals surface area (Å²) in [6.45, 7) is 1.94. The lowest BCUT2D eigenvalue weighted by molar-refractivity contribution is -0.113. The predicted molar refractivity (Wildman–Crippen MR) is 94.1 cm³/mol. The lowest BCUT2D eigenvalue weighted by Crippen LogP contribution is -2.14. The fourth-order valence-corrected chi connectivity index (χ4v) is 3.35. The molecule has 0 fully saturated rings. The molecule has 124 valence electrons. The molecule has 1 amide bonds. The maximum absolute atomic E-state index is 12.0. The molecule has 0 aliphatic carbocycles. The number of hydrogen-bond donors (Lipinski definition) is 1. The SMILES string of the molecule is COc1ccc(-n2cnnc2SCC(=O)Nc2ncc(C)s2)cc1. The largest absolute Gasteiger partial charge is 0.497 e. The van der Waals surface area contributed by atoms with Crippen LogP contribution >= 0.6 is 23.1 Å². The molecule has 0 radical (unpaired) electrons. The van der Waals surface area contributed by atoms with E-state index in [-0.39, 0.29) is 11.7 Å². The number of nitrogens with one attached hydrogen (secondary N) is 1. The highest BCUT2D eigenvalue weighted by Crippen LogP contribution is 2.22. The second-order valence-electron chi connectivity index (χ2n) is 4.79. The van der Waals surface area contributed by atoms with E-state index in [4.69, 9.17) is 4.74 Å². The highest BCUT2D eigenvalue weighted by molar-refractivity contribution is 7.99. The van der Waals surface area contributed by atoms with Gasteiger partial charge in [0.15, 0.2) is 10.3 Å². The number of carbonyl (C=O) groups is 1. The molecule has 2 heterocycles. The third-order valence-corrected chi connectivity index (χ3v) is 4.84. The molecular weight excluding hydrogens is 346 g/mol. The van der Waals surface area contributed by atoms with Gasteiger partial charge in [0, 0.05) is 16.8 Å². The van der Waals surface area contributed by atoms with Gasteiger partial charge in [-0.2, -0.15) is 0 Å². The Morgan fingerprint density at radius 3 is 2.83 bits per heavy atom. The fourth-order valence-electron chi connectivity index (χ4n) is 1.94. The van der Waals surface area contributed by atoms with Crippen LogP contribution in [0.1, 0.15) is 4.88 Å². The number of amides is 1. The molecule has 0 spiro atoms. The van der Waals surface area contributed by atoms with Crippen molar-refractivity contribution in [1.82, 2.24) is 19.7 Å². The molecule has 0 unspecified atom stereocenters. The van der Waals surface area contributed by atoms with Crippen LogP contribution in [-0.4, -0.2) is 38.5 Å². The van der Waals surface area contributed by atoms with Gasteiger partial charge in [-0.3, -0.25) is 9.36 Å². The van der Waals surface area contributed by atoms with E-state index in [0.29, 0.717) is 10.3 Å². The van der Waals surface area contributed by atoms with Gasteiger partial charge in [-0.1, -0.05) is 11.8 Å². The topological polar surface area (TPSA) is 81.9 Å². The molecule has 0 saturated carbocycles. The number of aromatic nitrogens is 4. The number of thioether (sulfide) groups is 1. The van der Waals surface area contributed by atoms with Crippen LogP contribution in [0.2, 0.25) is 0 Å². The molecule has 0 bridgehead atoms. The first-order chi connectivity index (χ1) is 11.7. The van der Waals surface area contributed by atoms with E-state index in [1.54, 1.807) is 19.6 Å². The zero-order valence-corrected chi connectivity index (χ0v) is 14.7. The average Bonchev–Trinajstić information content (AvgIpc) is 3.22. The first-order valence-electron chi connectivity index (χ1n) is 7.05. The molecule has 0 atom stereocenters. The number of benzene rings is 1. The smallest absolute Gasteiger partial charge is 0.236 e. The van der Waals surface area contributed by atoms with Gasteiger partial charge in [-0.25, -0.2) is 4.98 Å². The Bertz CT molecular complexity index is 829. The quantitative estimate of drug-likeness (QED) is 0.680. The maximum Gasteiger partial charge on any atom is 0.236 e. The molecule has 0 saturated heterocycles. The molecule has 0 aliphatic rings. The third-order valence-electron chi connectivity index (χ3n) is 3.07. The van der Waals surface area contributed by atoms with Crippen molar-refractivity contribution in [2.24, 2.45) is 0 Å². The minimum absolute atomic E-state index is 0.126. The average molecular weight is 361 g/mol. The van der Waals surface area contributed by atoms with Crippen molar-refractivity contribution in [3.05, 3.63) is 41.7 Å². The Labute approximate surface area is 147 Å². The van der Waals surface area contributed by atoms with Crippen molar-refractivity contribution >= 4 is 34.1 Å². The van der Waals surface area contributed by atoms with Crippen molar-refractivity contribution in [1.29, 1.82) is 0 Å². The number of aryl methyl sites for hydroxylation is 1. The van der Waals surface area contributed by atoms with Crippen LogP contribution in [-0.2, 0) is 4.79 Å². The second-order valence-corrected chi connectivity index (χ2v) is 6.97. The van der Waals surface area contributed by atoms with Gasteiger partial charge in [0.2, 0.25) is 5.91 Å². The molecule has 3 rings (SSSR count). The van der Waals surface area contributed by atoms with E-state index in [2.05, 4.69) is 20.5 Å². The van der Waals surface area contributed by atoms with Gasteiger partial charge in [0.1, 0.15) is 12.1 Å². The maximum atomic E-state index is 12.0. The molecule has 7 nitrogen and oxygen atoms in total. The summed E-state index contributed by atoms with van der Waals surface area (Å²) >= 11 is 2.76. The van der Waals surface area contributed by atoms with Crippen molar-refractivity contribution < 1.29 is 9.53 Å². The van der Waals surface area contributed by atoms with Gasteiger partial charge in [0.05, 0.1) is 12.9 Å². The molecule has 24 heavy (non-hydrogen) atoms. The lowest BCUT2D eigenvalue weighted by atomic mass is 10.3. The number of thiazole rings is 1. The van der Waals surface area contributed by atoms with Gasteiger partial charge in [-0.05, 0) is 31.2 Å². The van der Waals surface area contributed by atoms with Gasteiger partial charge >= 0.3 is 0 Å². The molecule has 3 aromatic rings. The Kier molecular flexibility index (Phi) is 5.11. The lowest BCUT2D eigenvalue weighted by Gasteiger charge is -2.07. The summed E-state index contributed by atoms with van der Waals surface area (Å²) in [5.41, 5.74) is 0.902. The van der Waals surface area contributed by atoms with Crippen LogP contribution in [0.15, 0.2) is 41.9 Å². The summed E-state index contributed by atoms with van der Waals surface area (Å²) < 4.78 is 6.97. The van der Waals surface area contributed by atoms with Crippen LogP contribution in [0, 0.1) is 6.92 Å². The normalized spacial score (nSPS) is 10.6. The van der Waals surface area contributed by atoms with Crippen molar-refractivity contribution in [2.45, 2.75) is 12.1 Å². The fraction of sp³-hybridized carbons (Fsp3) is 0.200. The van der Waals surface area contributed by atoms with Crippen molar-refractivity contribution in [3.8, 4) is 11.4 Å². The van der Waals surface area contributed by atoms with Crippen LogP contribution in [0.3, 0.4) is 0 Å². The van der Waals surface area contributed by atoms with Crippen LogP contribution in [0.25, 0.3) is 5.69 Å². The number of carbonyl (C=O) groups excluding carboxylic acids is 1. The van der Waals surface area contributed by atoms with E-state index in [1.165, 1.54) is 23.1 Å². The minimum Gasteiger partial charge on any atom is -0.497 e. The van der Waals surface area contributed by atoms with Crippen LogP contribution < -0.4 is 10.1 Å². The number of anilines is 1. The van der Waals surface area contributed by atoms with Crippen LogP contribution in [0.4, 0.5) is 5.13 Å². The Morgan fingerprint density at radius 1 is 1.38 bits per heavy atom. The zero-order chi connectivity index (χ0) is 16.9. The Morgan fingerprint density at radius 2 is 2.17 bits per heavy atom. The summed E-state index contributed by atoms with van der Waals surface area (Å²) in [5, 5.41) is 12.0. The number of ether oxygens (including phenoxy) is 1. The van der Waals surface area contributed by atoms with Crippen molar-refractivity contribution in [2.75, 3.05) is 18.2 Å². The van der Waals surface area contributed by atoms with E-state index in [0.717, 1.165) is 16.3 Å². The first kappa shape index (κ1) is 16.5. The standard InChI is InChI=1S/C15H15N5O2S2/c1-10-7-16-14(24-10)18-13(21)8-23-15-19-17-9-20(15)11-3-5-12(22-2)6-4-11/h3-7,9H,8H2,1-2H3,(H,16,18,21). The Hall–Kier alpha value is -2.39. The highest BCUT2D eigenvalue weighted by atomic mass is 32.2. The highest BCUT2D eigenvalue weighted by Gasteiger charge is 2.11. The predicted octanol–water partition coefficient (Wildman–Crippen LogP) is 2.77. The minimum atomic E-state index is -0.126. The summed E-state index contributed by atoms with van der Waals surface area (Å²) in [6, 6.07) is 7.54. The zero-order valence-electron chi connectivity index (χ0n) is 13.1. The third kappa shape index (κ3) is 3.92. The number of methoxy groups -OCH3 is 1. The van der Waals surface area contributed by atoms with E-state index < -0.39 is 0 Å². The summed E-state index contributed by atoms with van der Waals surface area (Å²) in [5.74, 6) is 0.880. The molecular formula is C15H15N5O2S2. The summed E-state index contributed by atoms with van der Waals surface area (Å²) in [7, 11) is 1.62. The van der Waals surface area contributed by atoms with E-state index >= 15 is 0 Å². The number of hydrogen-bond acceptors (Lipinski definition) is 7. The summed E-state index contributed by atoms with van der Waals surface area (Å²) in [4.78, 5) is 17.2. The van der Waals surface area contributed by atoms with Gasteiger partial charge in [-0.15, -0.1) is 21.5 Å². The molecule has 9 heteroatoms. The number of rotatable bonds is 6. The number of nitrogens with zero attached hydrogens (tertiary/aromatic N) is 4. The second kappa shape index (κ2) is 7.45. The first-order valence-corrected chi connectivity index (χ1v) is 8.85. The Balaban J connectivity index is 1.63. The van der Waals surface area contributed by atoms with Gasteiger partial charge < -0.3 is 10.1 Å². The van der Waals surface area contributed by atoms with E-state index in [1.807, 2.05) is 35.8 Å². The van der Waals surface area contributed by atoms with Gasteiger partial charge in [0.25, 0.3) is 0 Å². The molecule has 0 aliphatic heterocycles. The van der Waals surface area contributed by atoms with E-state index in [9.17, 15) is 4.79 Å². The molecule has 1 aromatic carbocycles. The molecule has 2 aromatic heterocycles. The molecule has 1 N–H and O–H groups in total. The van der Waals surface area contributed by atoms with Crippen LogP contribution in [0.5, 0.6) is 5.75 Å². The monoisotopic (exact) mass is 361 g/mol. The van der Waals surface area contributed by atoms with Crippen molar-refractivity contribution in [3.63, 3.8) is 0 Å².